The molecule has 0 aromatic carbocycles. The molecule has 1 heterocycles. The Bertz CT molecular complexity index is 406. The van der Waals surface area contributed by atoms with E-state index in [4.69, 9.17) is 9.47 Å². The fourth-order valence-corrected chi connectivity index (χ4v) is 1.41. The normalized spacial score (nSPS) is 12.4. The molecule has 0 N–H and O–H groups in total. The lowest BCUT2D eigenvalue weighted by molar-refractivity contribution is 0.111. The van der Waals surface area contributed by atoms with E-state index in [1.165, 1.54) is 0 Å². The number of rotatable bonds is 2. The maximum Gasteiger partial charge on any atom is 0.303 e. The monoisotopic (exact) mass is 258 g/mol. The van der Waals surface area contributed by atoms with Crippen molar-refractivity contribution in [2.45, 2.75) is 52.7 Å². The Morgan fingerprint density at radius 1 is 0.882 bits per heavy atom. The second-order valence-electron chi connectivity index (χ2n) is 5.63. The molecule has 17 heavy (non-hydrogen) atoms. The fourth-order valence-electron chi connectivity index (χ4n) is 0.979. The molecule has 6 heteroatoms. The first-order chi connectivity index (χ1) is 7.58. The smallest absolute Gasteiger partial charge is 0.303 e. The van der Waals surface area contributed by atoms with Crippen LogP contribution in [0.4, 0.5) is 0 Å². The highest BCUT2D eigenvalue weighted by molar-refractivity contribution is 6.99. The first-order valence-corrected chi connectivity index (χ1v) is 6.06. The van der Waals surface area contributed by atoms with Crippen LogP contribution in [0.25, 0.3) is 0 Å². The Morgan fingerprint density at radius 2 is 1.24 bits per heavy atom. The van der Waals surface area contributed by atoms with E-state index in [1.54, 1.807) is 0 Å². The molecule has 1 aromatic rings. The van der Waals surface area contributed by atoms with E-state index in [0.717, 1.165) is 11.7 Å². The zero-order chi connectivity index (χ0) is 13.3. The molecular weight excluding hydrogens is 240 g/mol. The van der Waals surface area contributed by atoms with E-state index in [9.17, 15) is 4.79 Å². The zero-order valence-electron chi connectivity index (χ0n) is 11.0. The third-order valence-corrected chi connectivity index (χ3v) is 1.94. The predicted molar refractivity (Wildman–Crippen MR) is 66.9 cm³/mol. The zero-order valence-corrected chi connectivity index (χ0v) is 11.8. The Kier molecular flexibility index (Phi) is 3.76. The summed E-state index contributed by atoms with van der Waals surface area (Å²) in [6.45, 7) is 11.1. The first-order valence-electron chi connectivity index (χ1n) is 5.33. The van der Waals surface area contributed by atoms with Crippen LogP contribution in [0.3, 0.4) is 0 Å². The van der Waals surface area contributed by atoms with Gasteiger partial charge in [0.2, 0.25) is 0 Å². The van der Waals surface area contributed by atoms with Gasteiger partial charge in [0.1, 0.15) is 11.2 Å². The van der Waals surface area contributed by atoms with Crippen LogP contribution in [0, 0.1) is 0 Å². The van der Waals surface area contributed by atoms with Gasteiger partial charge in [-0.3, -0.25) is 4.79 Å². The van der Waals surface area contributed by atoms with E-state index >= 15 is 0 Å². The third-order valence-electron chi connectivity index (χ3n) is 1.44. The van der Waals surface area contributed by atoms with Crippen LogP contribution in [-0.2, 0) is 0 Å². The molecule has 96 valence electrons. The first kappa shape index (κ1) is 13.9. The molecule has 0 aliphatic carbocycles. The number of nitrogens with zero attached hydrogens (tertiary/aromatic N) is 2. The van der Waals surface area contributed by atoms with Crippen molar-refractivity contribution in [2.24, 2.45) is 0 Å². The fraction of sp³-hybridized carbons (Fsp3) is 0.727. The largest absolute Gasteiger partial charge is 0.468 e. The number of ether oxygens (including phenoxy) is 2. The van der Waals surface area contributed by atoms with Gasteiger partial charge in [-0.05, 0) is 41.5 Å². The summed E-state index contributed by atoms with van der Waals surface area (Å²) in [5, 5.41) is 0. The molecule has 0 unspecified atom stereocenters. The maximum absolute atomic E-state index is 12.0. The van der Waals surface area contributed by atoms with Gasteiger partial charge in [0.15, 0.2) is 0 Å². The molecule has 0 saturated heterocycles. The van der Waals surface area contributed by atoms with Gasteiger partial charge < -0.3 is 9.47 Å². The summed E-state index contributed by atoms with van der Waals surface area (Å²) in [6, 6.07) is 0. The molecule has 1 aromatic heterocycles. The van der Waals surface area contributed by atoms with Crippen molar-refractivity contribution in [1.82, 2.24) is 8.75 Å². The minimum atomic E-state index is -0.473. The second-order valence-corrected chi connectivity index (χ2v) is 6.16. The molecule has 0 fully saturated rings. The molecule has 0 atom stereocenters. The van der Waals surface area contributed by atoms with Crippen LogP contribution in [0.2, 0.25) is 0 Å². The lowest BCUT2D eigenvalue weighted by Gasteiger charge is -2.21. The van der Waals surface area contributed by atoms with Gasteiger partial charge in [-0.25, -0.2) is 0 Å². The van der Waals surface area contributed by atoms with Crippen LogP contribution in [0.1, 0.15) is 41.5 Å². The van der Waals surface area contributed by atoms with E-state index in [0.29, 0.717) is 0 Å². The van der Waals surface area contributed by atoms with Crippen molar-refractivity contribution in [1.29, 1.82) is 0 Å². The van der Waals surface area contributed by atoms with E-state index in [-0.39, 0.29) is 11.8 Å². The standard InChI is InChI=1S/C11H18N2O3S/c1-10(2,3)15-8-7(14)9(13-17-12-8)16-11(4,5)6/h1-6H3. The lowest BCUT2D eigenvalue weighted by Crippen LogP contribution is -2.30. The van der Waals surface area contributed by atoms with E-state index in [2.05, 4.69) is 8.75 Å². The summed E-state index contributed by atoms with van der Waals surface area (Å²) in [6.07, 6.45) is 0. The SMILES string of the molecule is CC(C)(C)Oc1nsnc(OC(C)(C)C)c1=O. The average Bonchev–Trinajstić information content (AvgIpc) is 2.07. The molecule has 0 aliphatic rings. The van der Waals surface area contributed by atoms with Gasteiger partial charge in [0.05, 0.1) is 11.7 Å². The molecule has 0 saturated carbocycles. The second kappa shape index (κ2) is 4.60. The van der Waals surface area contributed by atoms with Crippen molar-refractivity contribution in [3.63, 3.8) is 0 Å². The van der Waals surface area contributed by atoms with Gasteiger partial charge in [0, 0.05) is 0 Å². The average molecular weight is 258 g/mol. The van der Waals surface area contributed by atoms with Crippen molar-refractivity contribution in [2.75, 3.05) is 0 Å². The van der Waals surface area contributed by atoms with Crippen LogP contribution in [0.15, 0.2) is 4.79 Å². The van der Waals surface area contributed by atoms with Crippen LogP contribution >= 0.6 is 11.7 Å². The maximum atomic E-state index is 12.0. The van der Waals surface area contributed by atoms with Crippen molar-refractivity contribution in [3.8, 4) is 11.8 Å². The highest BCUT2D eigenvalue weighted by atomic mass is 32.1. The Hall–Kier alpha value is -1.17. The van der Waals surface area contributed by atoms with Gasteiger partial charge in [-0.15, -0.1) is 8.75 Å². The summed E-state index contributed by atoms with van der Waals surface area (Å²) in [5.41, 5.74) is -1.35. The van der Waals surface area contributed by atoms with Crippen LogP contribution in [0.5, 0.6) is 11.8 Å². The lowest BCUT2D eigenvalue weighted by atomic mass is 10.2. The highest BCUT2D eigenvalue weighted by Gasteiger charge is 2.21. The summed E-state index contributed by atoms with van der Waals surface area (Å²) in [7, 11) is 0. The van der Waals surface area contributed by atoms with Crippen molar-refractivity contribution >= 4 is 11.7 Å². The van der Waals surface area contributed by atoms with Crippen LogP contribution in [-0.4, -0.2) is 19.9 Å². The Balaban J connectivity index is 3.04. The Labute approximate surface area is 105 Å². The minimum Gasteiger partial charge on any atom is -0.468 e. The molecule has 1 rings (SSSR count). The molecule has 0 spiro atoms. The van der Waals surface area contributed by atoms with Gasteiger partial charge >= 0.3 is 5.43 Å². The van der Waals surface area contributed by atoms with Crippen LogP contribution < -0.4 is 14.9 Å². The summed E-state index contributed by atoms with van der Waals surface area (Å²) in [5.74, 6) is 0.0773. The van der Waals surface area contributed by atoms with Crippen molar-refractivity contribution < 1.29 is 9.47 Å². The molecular formula is C11H18N2O3S. The van der Waals surface area contributed by atoms with E-state index < -0.39 is 16.6 Å². The Morgan fingerprint density at radius 3 is 1.53 bits per heavy atom. The molecule has 5 nitrogen and oxygen atoms in total. The van der Waals surface area contributed by atoms with Gasteiger partial charge in [-0.1, -0.05) is 0 Å². The van der Waals surface area contributed by atoms with Crippen molar-refractivity contribution in [3.05, 3.63) is 10.2 Å². The summed E-state index contributed by atoms with van der Waals surface area (Å²) < 4.78 is 18.6. The molecule has 0 radical (unpaired) electrons. The van der Waals surface area contributed by atoms with E-state index in [1.807, 2.05) is 41.5 Å². The van der Waals surface area contributed by atoms with Gasteiger partial charge in [0.25, 0.3) is 11.8 Å². The number of aromatic nitrogens is 2. The topological polar surface area (TPSA) is 61.3 Å². The molecule has 0 bridgehead atoms. The molecule has 0 aliphatic heterocycles. The minimum absolute atomic E-state index is 0.0387. The third kappa shape index (κ3) is 4.68. The highest BCUT2D eigenvalue weighted by Crippen LogP contribution is 2.17. The predicted octanol–water partition coefficient (Wildman–Crippen LogP) is 2.25. The quantitative estimate of drug-likeness (QED) is 0.814. The summed E-state index contributed by atoms with van der Waals surface area (Å²) in [4.78, 5) is 12.0. The van der Waals surface area contributed by atoms with Gasteiger partial charge in [-0.2, -0.15) is 0 Å². The number of hydrogen-bond acceptors (Lipinski definition) is 6. The summed E-state index contributed by atoms with van der Waals surface area (Å²) >= 11 is 0.901. The molecule has 0 amide bonds. The number of hydrogen-bond donors (Lipinski definition) is 0.